The van der Waals surface area contributed by atoms with Crippen molar-refractivity contribution in [3.8, 4) is 0 Å². The Balaban J connectivity index is 4.04. The monoisotopic (exact) mass is 232 g/mol. The molecule has 0 radical (unpaired) electrons. The molecule has 0 aliphatic rings. The van der Waals surface area contributed by atoms with Crippen LogP contribution in [0.15, 0.2) is 0 Å². The lowest BCUT2D eigenvalue weighted by molar-refractivity contribution is -0.160. The number of hydrogen-bond acceptors (Lipinski definition) is 4. The van der Waals surface area contributed by atoms with Gasteiger partial charge < -0.3 is 14.6 Å². The molecule has 0 saturated heterocycles. The van der Waals surface area contributed by atoms with E-state index in [1.807, 2.05) is 20.8 Å². The molecule has 0 bridgehead atoms. The molecule has 0 unspecified atom stereocenters. The minimum Gasteiger partial charge on any atom is -0.465 e. The van der Waals surface area contributed by atoms with Crippen molar-refractivity contribution in [3.63, 3.8) is 0 Å². The van der Waals surface area contributed by atoms with Crippen LogP contribution in [0, 0.1) is 10.8 Å². The predicted octanol–water partition coefficient (Wildman–Crippen LogP) is 1.61. The van der Waals surface area contributed by atoms with Gasteiger partial charge in [0.05, 0.1) is 31.8 Å². The number of carbonyl (C=O) groups is 1. The predicted molar refractivity (Wildman–Crippen MR) is 62.1 cm³/mol. The van der Waals surface area contributed by atoms with Crippen LogP contribution in [0.2, 0.25) is 0 Å². The van der Waals surface area contributed by atoms with Crippen molar-refractivity contribution in [3.05, 3.63) is 0 Å². The smallest absolute Gasteiger partial charge is 0.313 e. The largest absolute Gasteiger partial charge is 0.465 e. The molecule has 96 valence electrons. The zero-order chi connectivity index (χ0) is 12.8. The second-order valence-corrected chi connectivity index (χ2v) is 5.80. The lowest BCUT2D eigenvalue weighted by Gasteiger charge is -2.25. The summed E-state index contributed by atoms with van der Waals surface area (Å²) in [5.74, 6) is -0.264. The van der Waals surface area contributed by atoms with Crippen molar-refractivity contribution < 1.29 is 19.4 Å². The molecule has 0 fully saturated rings. The first-order chi connectivity index (χ1) is 7.19. The quantitative estimate of drug-likeness (QED) is 0.558. The fraction of sp³-hybridized carbons (Fsp3) is 0.917. The fourth-order valence-electron chi connectivity index (χ4n) is 0.928. The fourth-order valence-corrected chi connectivity index (χ4v) is 0.928. The highest BCUT2D eigenvalue weighted by Gasteiger charge is 2.30. The summed E-state index contributed by atoms with van der Waals surface area (Å²) in [5, 5.41) is 8.57. The number of aliphatic hydroxyl groups excluding tert-OH is 1. The van der Waals surface area contributed by atoms with Crippen LogP contribution in [0.5, 0.6) is 0 Å². The third-order valence-electron chi connectivity index (χ3n) is 1.89. The van der Waals surface area contributed by atoms with Gasteiger partial charge in [-0.05, 0) is 19.3 Å². The van der Waals surface area contributed by atoms with E-state index in [1.54, 1.807) is 13.8 Å². The Morgan fingerprint density at radius 2 is 1.69 bits per heavy atom. The summed E-state index contributed by atoms with van der Waals surface area (Å²) in [7, 11) is 0. The van der Waals surface area contributed by atoms with Crippen LogP contribution < -0.4 is 0 Å². The summed E-state index contributed by atoms with van der Waals surface area (Å²) in [4.78, 5) is 11.7. The Kier molecular flexibility index (Phi) is 5.97. The van der Waals surface area contributed by atoms with E-state index in [-0.39, 0.29) is 31.2 Å². The lowest BCUT2D eigenvalue weighted by atomic mass is 9.94. The Labute approximate surface area is 97.9 Å². The standard InChI is InChI=1S/C12H24O4/c1-11(2,3)8-16-10(14)12(4,5)9-15-7-6-13/h13H,6-9H2,1-5H3. The first-order valence-corrected chi connectivity index (χ1v) is 5.55. The zero-order valence-corrected chi connectivity index (χ0v) is 11.0. The summed E-state index contributed by atoms with van der Waals surface area (Å²) < 4.78 is 10.4. The van der Waals surface area contributed by atoms with Gasteiger partial charge in [-0.2, -0.15) is 0 Å². The molecule has 0 heterocycles. The van der Waals surface area contributed by atoms with Crippen molar-refractivity contribution in [1.29, 1.82) is 0 Å². The normalized spacial score (nSPS) is 12.6. The maximum Gasteiger partial charge on any atom is 0.313 e. The summed E-state index contributed by atoms with van der Waals surface area (Å²) in [6.45, 7) is 10.4. The topological polar surface area (TPSA) is 55.8 Å². The SMILES string of the molecule is CC(C)(C)COC(=O)C(C)(C)COCCO. The van der Waals surface area contributed by atoms with E-state index in [4.69, 9.17) is 14.6 Å². The van der Waals surface area contributed by atoms with Crippen LogP contribution in [-0.2, 0) is 14.3 Å². The summed E-state index contributed by atoms with van der Waals surface area (Å²) >= 11 is 0. The number of esters is 1. The molecule has 0 rings (SSSR count). The first kappa shape index (κ1) is 15.4. The van der Waals surface area contributed by atoms with Crippen molar-refractivity contribution in [2.45, 2.75) is 34.6 Å². The Morgan fingerprint density at radius 1 is 1.12 bits per heavy atom. The molecule has 0 aliphatic heterocycles. The van der Waals surface area contributed by atoms with Crippen LogP contribution in [0.25, 0.3) is 0 Å². The van der Waals surface area contributed by atoms with Gasteiger partial charge in [0, 0.05) is 0 Å². The summed E-state index contributed by atoms with van der Waals surface area (Å²) in [5.41, 5.74) is -0.696. The minimum atomic E-state index is -0.666. The van der Waals surface area contributed by atoms with E-state index in [9.17, 15) is 4.79 Å². The average molecular weight is 232 g/mol. The zero-order valence-electron chi connectivity index (χ0n) is 11.0. The molecule has 0 spiro atoms. The number of rotatable bonds is 6. The van der Waals surface area contributed by atoms with E-state index >= 15 is 0 Å². The second kappa shape index (κ2) is 6.21. The highest BCUT2D eigenvalue weighted by atomic mass is 16.5. The molecular formula is C12H24O4. The van der Waals surface area contributed by atoms with E-state index in [0.29, 0.717) is 6.61 Å². The molecule has 4 nitrogen and oxygen atoms in total. The summed E-state index contributed by atoms with van der Waals surface area (Å²) in [6.07, 6.45) is 0. The molecule has 16 heavy (non-hydrogen) atoms. The van der Waals surface area contributed by atoms with Gasteiger partial charge in [-0.1, -0.05) is 20.8 Å². The van der Waals surface area contributed by atoms with Crippen LogP contribution in [0.3, 0.4) is 0 Å². The van der Waals surface area contributed by atoms with Crippen molar-refractivity contribution in [2.24, 2.45) is 10.8 Å². The van der Waals surface area contributed by atoms with Gasteiger partial charge in [0.15, 0.2) is 0 Å². The third kappa shape index (κ3) is 6.80. The van der Waals surface area contributed by atoms with Crippen LogP contribution in [0.1, 0.15) is 34.6 Å². The molecule has 0 atom stereocenters. The van der Waals surface area contributed by atoms with E-state index < -0.39 is 5.41 Å². The van der Waals surface area contributed by atoms with E-state index in [1.165, 1.54) is 0 Å². The summed E-state index contributed by atoms with van der Waals surface area (Å²) in [6, 6.07) is 0. The molecule has 1 N–H and O–H groups in total. The van der Waals surface area contributed by atoms with Gasteiger partial charge in [0.1, 0.15) is 0 Å². The second-order valence-electron chi connectivity index (χ2n) is 5.80. The average Bonchev–Trinajstić information content (AvgIpc) is 2.13. The molecule has 0 aliphatic carbocycles. The molecule has 0 aromatic rings. The maximum absolute atomic E-state index is 11.7. The van der Waals surface area contributed by atoms with Crippen LogP contribution >= 0.6 is 0 Å². The molecule has 0 amide bonds. The van der Waals surface area contributed by atoms with Crippen LogP contribution in [0.4, 0.5) is 0 Å². The lowest BCUT2D eigenvalue weighted by Crippen LogP contribution is -2.34. The molecule has 4 heteroatoms. The number of aliphatic hydroxyl groups is 1. The van der Waals surface area contributed by atoms with Gasteiger partial charge in [-0.3, -0.25) is 4.79 Å². The molecule has 0 aromatic heterocycles. The van der Waals surface area contributed by atoms with E-state index in [0.717, 1.165) is 0 Å². The van der Waals surface area contributed by atoms with Gasteiger partial charge >= 0.3 is 5.97 Å². The first-order valence-electron chi connectivity index (χ1n) is 5.55. The van der Waals surface area contributed by atoms with E-state index in [2.05, 4.69) is 0 Å². The van der Waals surface area contributed by atoms with Crippen molar-refractivity contribution >= 4 is 5.97 Å². The Morgan fingerprint density at radius 3 is 2.12 bits per heavy atom. The molecule has 0 saturated carbocycles. The number of hydrogen-bond donors (Lipinski definition) is 1. The minimum absolute atomic E-state index is 0.0301. The Hall–Kier alpha value is -0.610. The Bertz CT molecular complexity index is 216. The maximum atomic E-state index is 11.7. The molecule has 0 aromatic carbocycles. The van der Waals surface area contributed by atoms with Gasteiger partial charge in [-0.15, -0.1) is 0 Å². The van der Waals surface area contributed by atoms with Gasteiger partial charge in [0.25, 0.3) is 0 Å². The van der Waals surface area contributed by atoms with Gasteiger partial charge in [-0.25, -0.2) is 0 Å². The molecular weight excluding hydrogens is 208 g/mol. The van der Waals surface area contributed by atoms with Crippen LogP contribution in [-0.4, -0.2) is 37.5 Å². The highest BCUT2D eigenvalue weighted by Crippen LogP contribution is 2.20. The third-order valence-corrected chi connectivity index (χ3v) is 1.89. The van der Waals surface area contributed by atoms with Gasteiger partial charge in [0.2, 0.25) is 0 Å². The van der Waals surface area contributed by atoms with Crippen molar-refractivity contribution in [1.82, 2.24) is 0 Å². The van der Waals surface area contributed by atoms with Crippen molar-refractivity contribution in [2.75, 3.05) is 26.4 Å². The number of ether oxygens (including phenoxy) is 2. The number of carbonyl (C=O) groups excluding carboxylic acids is 1. The highest BCUT2D eigenvalue weighted by molar-refractivity contribution is 5.76.